The summed E-state index contributed by atoms with van der Waals surface area (Å²) < 4.78 is 11.2. The van der Waals surface area contributed by atoms with Crippen molar-refractivity contribution in [2.24, 2.45) is 5.92 Å². The highest BCUT2D eigenvalue weighted by Gasteiger charge is 2.43. The van der Waals surface area contributed by atoms with E-state index in [0.717, 1.165) is 19.4 Å². The van der Waals surface area contributed by atoms with Gasteiger partial charge in [-0.1, -0.05) is 0 Å². The second kappa shape index (κ2) is 5.15. The number of carbonyl (C=O) groups is 1. The number of carbonyl (C=O) groups excluding carboxylic acids is 1. The number of hydrogen-bond donors (Lipinski definition) is 1. The van der Waals surface area contributed by atoms with Gasteiger partial charge in [-0.25, -0.2) is 0 Å². The summed E-state index contributed by atoms with van der Waals surface area (Å²) in [5.74, 6) is 0.237. The molecule has 3 fully saturated rings. The van der Waals surface area contributed by atoms with Gasteiger partial charge in [0, 0.05) is 12.6 Å². The molecule has 3 rings (SSSR count). The molecule has 1 aliphatic carbocycles. The predicted octanol–water partition coefficient (Wildman–Crippen LogP) is 0.000700. The van der Waals surface area contributed by atoms with Crippen molar-refractivity contribution in [2.75, 3.05) is 33.4 Å². The van der Waals surface area contributed by atoms with E-state index in [1.54, 1.807) is 0 Å². The lowest BCUT2D eigenvalue weighted by atomic mass is 9.99. The molecule has 18 heavy (non-hydrogen) atoms. The Kier molecular flexibility index (Phi) is 3.54. The lowest BCUT2D eigenvalue weighted by Gasteiger charge is -2.39. The fourth-order valence-electron chi connectivity index (χ4n) is 3.49. The zero-order chi connectivity index (χ0) is 12.5. The average Bonchev–Trinajstić information content (AvgIpc) is 3.05. The third-order valence-corrected chi connectivity index (χ3v) is 4.53. The molecule has 5 heteroatoms. The smallest absolute Gasteiger partial charge is 0.230 e. The lowest BCUT2D eigenvalue weighted by Crippen LogP contribution is -2.55. The SMILES string of the molecule is CNC1COCC1C(=O)N1CCOC2CCCC21. The van der Waals surface area contributed by atoms with Crippen LogP contribution in [-0.4, -0.2) is 62.4 Å². The van der Waals surface area contributed by atoms with Crippen molar-refractivity contribution in [3.63, 3.8) is 0 Å². The van der Waals surface area contributed by atoms with E-state index in [1.165, 1.54) is 6.42 Å². The summed E-state index contributed by atoms with van der Waals surface area (Å²) in [6.45, 7) is 2.63. The van der Waals surface area contributed by atoms with Crippen LogP contribution in [0.3, 0.4) is 0 Å². The maximum absolute atomic E-state index is 12.7. The Morgan fingerprint density at radius 2 is 2.22 bits per heavy atom. The molecule has 0 radical (unpaired) electrons. The number of amides is 1. The van der Waals surface area contributed by atoms with Gasteiger partial charge in [0.15, 0.2) is 0 Å². The average molecular weight is 254 g/mol. The molecule has 4 unspecified atom stereocenters. The van der Waals surface area contributed by atoms with Crippen LogP contribution in [0.15, 0.2) is 0 Å². The van der Waals surface area contributed by atoms with Gasteiger partial charge in [0.1, 0.15) is 0 Å². The van der Waals surface area contributed by atoms with Crippen molar-refractivity contribution in [1.82, 2.24) is 10.2 Å². The Labute approximate surface area is 108 Å². The van der Waals surface area contributed by atoms with Gasteiger partial charge in [0.05, 0.1) is 37.9 Å². The number of likely N-dealkylation sites (N-methyl/N-ethyl adjacent to an activating group) is 1. The van der Waals surface area contributed by atoms with Gasteiger partial charge >= 0.3 is 0 Å². The summed E-state index contributed by atoms with van der Waals surface area (Å²) in [6, 6.07) is 0.476. The minimum atomic E-state index is -0.0191. The number of rotatable bonds is 2. The molecule has 1 saturated carbocycles. The number of nitrogens with zero attached hydrogens (tertiary/aromatic N) is 1. The van der Waals surface area contributed by atoms with E-state index in [9.17, 15) is 4.79 Å². The molecule has 3 aliphatic rings. The van der Waals surface area contributed by atoms with Crippen LogP contribution >= 0.6 is 0 Å². The van der Waals surface area contributed by atoms with Crippen LogP contribution in [0.5, 0.6) is 0 Å². The molecule has 102 valence electrons. The van der Waals surface area contributed by atoms with Gasteiger partial charge in [0.25, 0.3) is 0 Å². The fourth-order valence-corrected chi connectivity index (χ4v) is 3.49. The molecule has 0 spiro atoms. The Bertz CT molecular complexity index is 323. The van der Waals surface area contributed by atoms with E-state index in [4.69, 9.17) is 9.47 Å². The molecule has 5 nitrogen and oxygen atoms in total. The van der Waals surface area contributed by atoms with Crippen molar-refractivity contribution < 1.29 is 14.3 Å². The molecular formula is C13H22N2O3. The molecule has 0 bridgehead atoms. The topological polar surface area (TPSA) is 50.8 Å². The molecule has 0 aromatic carbocycles. The first-order valence-corrected chi connectivity index (χ1v) is 6.98. The molecule has 0 aromatic heterocycles. The van der Waals surface area contributed by atoms with Crippen LogP contribution in [0.4, 0.5) is 0 Å². The maximum atomic E-state index is 12.7. The molecule has 1 N–H and O–H groups in total. The second-order valence-electron chi connectivity index (χ2n) is 5.48. The highest BCUT2D eigenvalue weighted by molar-refractivity contribution is 5.80. The number of morpholine rings is 1. The van der Waals surface area contributed by atoms with Crippen LogP contribution in [0.2, 0.25) is 0 Å². The van der Waals surface area contributed by atoms with Crippen molar-refractivity contribution in [2.45, 2.75) is 37.5 Å². The Hall–Kier alpha value is -0.650. The Balaban J connectivity index is 1.71. The zero-order valence-electron chi connectivity index (χ0n) is 10.9. The van der Waals surface area contributed by atoms with Crippen LogP contribution in [0.1, 0.15) is 19.3 Å². The highest BCUT2D eigenvalue weighted by atomic mass is 16.5. The Morgan fingerprint density at radius 3 is 3.06 bits per heavy atom. The van der Waals surface area contributed by atoms with Crippen molar-refractivity contribution in [1.29, 1.82) is 0 Å². The largest absolute Gasteiger partial charge is 0.379 e. The number of fused-ring (bicyclic) bond motifs is 1. The van der Waals surface area contributed by atoms with E-state index in [1.807, 2.05) is 7.05 Å². The van der Waals surface area contributed by atoms with Crippen LogP contribution < -0.4 is 5.32 Å². The Morgan fingerprint density at radius 1 is 1.33 bits per heavy atom. The first kappa shape index (κ1) is 12.4. The lowest BCUT2D eigenvalue weighted by molar-refractivity contribution is -0.148. The minimum Gasteiger partial charge on any atom is -0.379 e. The van der Waals surface area contributed by atoms with Crippen LogP contribution in [0.25, 0.3) is 0 Å². The monoisotopic (exact) mass is 254 g/mol. The third-order valence-electron chi connectivity index (χ3n) is 4.53. The highest BCUT2D eigenvalue weighted by Crippen LogP contribution is 2.31. The third kappa shape index (κ3) is 2.04. The van der Waals surface area contributed by atoms with Crippen molar-refractivity contribution in [3.05, 3.63) is 0 Å². The van der Waals surface area contributed by atoms with E-state index >= 15 is 0 Å². The minimum absolute atomic E-state index is 0.0191. The van der Waals surface area contributed by atoms with E-state index in [-0.39, 0.29) is 24.0 Å². The number of ether oxygens (including phenoxy) is 2. The van der Waals surface area contributed by atoms with Gasteiger partial charge in [0.2, 0.25) is 5.91 Å². The molecule has 0 aromatic rings. The summed E-state index contributed by atoms with van der Waals surface area (Å²) in [5, 5.41) is 3.19. The fraction of sp³-hybridized carbons (Fsp3) is 0.923. The standard InChI is InChI=1S/C13H22N2O3/c1-14-10-8-17-7-9(10)13(16)15-5-6-18-12-4-2-3-11(12)15/h9-12,14H,2-8H2,1H3. The predicted molar refractivity (Wildman–Crippen MR) is 66.2 cm³/mol. The normalized spacial score (nSPS) is 39.9. The summed E-state index contributed by atoms with van der Waals surface area (Å²) in [7, 11) is 1.90. The summed E-state index contributed by atoms with van der Waals surface area (Å²) in [5.41, 5.74) is 0. The summed E-state index contributed by atoms with van der Waals surface area (Å²) in [4.78, 5) is 14.7. The number of hydrogen-bond acceptors (Lipinski definition) is 4. The number of nitrogens with one attached hydrogen (secondary N) is 1. The molecule has 2 saturated heterocycles. The van der Waals surface area contributed by atoms with E-state index in [0.29, 0.717) is 25.9 Å². The van der Waals surface area contributed by atoms with Gasteiger partial charge in [-0.05, 0) is 26.3 Å². The summed E-state index contributed by atoms with van der Waals surface area (Å²) in [6.07, 6.45) is 3.65. The van der Waals surface area contributed by atoms with Crippen LogP contribution in [0, 0.1) is 5.92 Å². The van der Waals surface area contributed by atoms with Gasteiger partial charge in [-0.3, -0.25) is 4.79 Å². The quantitative estimate of drug-likeness (QED) is 0.753. The second-order valence-corrected chi connectivity index (χ2v) is 5.48. The molecule has 2 heterocycles. The maximum Gasteiger partial charge on any atom is 0.230 e. The first-order chi connectivity index (χ1) is 8.81. The van der Waals surface area contributed by atoms with Crippen molar-refractivity contribution in [3.8, 4) is 0 Å². The van der Waals surface area contributed by atoms with Gasteiger partial charge < -0.3 is 19.7 Å². The molecule has 1 amide bonds. The van der Waals surface area contributed by atoms with E-state index in [2.05, 4.69) is 10.2 Å². The molecule has 4 atom stereocenters. The van der Waals surface area contributed by atoms with Gasteiger partial charge in [-0.2, -0.15) is 0 Å². The first-order valence-electron chi connectivity index (χ1n) is 6.98. The van der Waals surface area contributed by atoms with Gasteiger partial charge in [-0.15, -0.1) is 0 Å². The molecular weight excluding hydrogens is 232 g/mol. The van der Waals surface area contributed by atoms with Crippen molar-refractivity contribution >= 4 is 5.91 Å². The van der Waals surface area contributed by atoms with Crippen LogP contribution in [-0.2, 0) is 14.3 Å². The zero-order valence-corrected chi connectivity index (χ0v) is 10.9. The van der Waals surface area contributed by atoms with E-state index < -0.39 is 0 Å². The molecule has 2 aliphatic heterocycles. The summed E-state index contributed by atoms with van der Waals surface area (Å²) >= 11 is 0.